The van der Waals surface area contributed by atoms with Gasteiger partial charge in [0.05, 0.1) is 25.5 Å². The molecule has 1 unspecified atom stereocenters. The lowest BCUT2D eigenvalue weighted by atomic mass is 10.1. The second kappa shape index (κ2) is 13.1. The van der Waals surface area contributed by atoms with Crippen LogP contribution in [0.1, 0.15) is 62.0 Å². The van der Waals surface area contributed by atoms with E-state index >= 15 is 0 Å². The number of benzene rings is 1. The molecule has 0 amide bonds. The molecule has 7 nitrogen and oxygen atoms in total. The highest BCUT2D eigenvalue weighted by atomic mass is 127. The number of methoxy groups -OCH3 is 1. The Morgan fingerprint density at radius 3 is 2.58 bits per heavy atom. The Labute approximate surface area is 215 Å². The van der Waals surface area contributed by atoms with E-state index in [2.05, 4.69) is 55.6 Å². The lowest BCUT2D eigenvalue weighted by Crippen LogP contribution is -2.43. The molecule has 2 N–H and O–H groups in total. The smallest absolute Gasteiger partial charge is 0.191 e. The van der Waals surface area contributed by atoms with E-state index < -0.39 is 0 Å². The van der Waals surface area contributed by atoms with Crippen LogP contribution in [0.4, 0.5) is 0 Å². The third-order valence-electron chi connectivity index (χ3n) is 6.14. The number of aliphatic imine (C=N–C) groups is 1. The maximum atomic E-state index is 6.23. The van der Waals surface area contributed by atoms with Gasteiger partial charge in [-0.25, -0.2) is 4.99 Å². The number of nitrogens with zero attached hydrogens (tertiary/aromatic N) is 3. The van der Waals surface area contributed by atoms with Gasteiger partial charge in [-0.1, -0.05) is 6.07 Å². The second-order valence-electron chi connectivity index (χ2n) is 8.73. The van der Waals surface area contributed by atoms with Crippen LogP contribution in [-0.4, -0.2) is 41.5 Å². The molecular weight excluding hydrogens is 529 g/mol. The molecule has 0 aliphatic heterocycles. The molecule has 1 saturated carbocycles. The van der Waals surface area contributed by atoms with Gasteiger partial charge in [0.2, 0.25) is 0 Å². The highest BCUT2D eigenvalue weighted by molar-refractivity contribution is 14.0. The standard InChI is InChI=1S/C25H39N5O2.HI/c1-7-26-25(28-17(2)14-22-18(3)29-30(5)19(22)4)27-16-20-12-13-23(31-6)24(15-20)32-21-10-8-9-11-21;/h12-13,15,17,21H,7-11,14,16H2,1-6H3,(H2,26,27,28);1H. The quantitative estimate of drug-likeness (QED) is 0.261. The summed E-state index contributed by atoms with van der Waals surface area (Å²) in [6.07, 6.45) is 5.91. The first kappa shape index (κ1) is 27.3. The van der Waals surface area contributed by atoms with E-state index in [0.29, 0.717) is 12.6 Å². The van der Waals surface area contributed by atoms with Crippen molar-refractivity contribution in [3.63, 3.8) is 0 Å². The average Bonchev–Trinajstić information content (AvgIpc) is 3.36. The fourth-order valence-corrected chi connectivity index (χ4v) is 4.29. The molecule has 33 heavy (non-hydrogen) atoms. The molecule has 0 radical (unpaired) electrons. The second-order valence-corrected chi connectivity index (χ2v) is 8.73. The van der Waals surface area contributed by atoms with Gasteiger partial charge in [0.1, 0.15) is 0 Å². The predicted molar refractivity (Wildman–Crippen MR) is 145 cm³/mol. The first-order chi connectivity index (χ1) is 15.4. The number of nitrogens with one attached hydrogen (secondary N) is 2. The Hall–Kier alpha value is -1.97. The van der Waals surface area contributed by atoms with Crippen LogP contribution in [0.15, 0.2) is 23.2 Å². The van der Waals surface area contributed by atoms with E-state index in [-0.39, 0.29) is 30.0 Å². The van der Waals surface area contributed by atoms with Gasteiger partial charge in [-0.15, -0.1) is 24.0 Å². The zero-order chi connectivity index (χ0) is 23.1. The van der Waals surface area contributed by atoms with E-state index in [0.717, 1.165) is 54.5 Å². The van der Waals surface area contributed by atoms with Crippen molar-refractivity contribution >= 4 is 29.9 Å². The maximum Gasteiger partial charge on any atom is 0.191 e. The van der Waals surface area contributed by atoms with E-state index in [1.165, 1.54) is 24.1 Å². The summed E-state index contributed by atoms with van der Waals surface area (Å²) in [7, 11) is 3.68. The number of hydrogen-bond acceptors (Lipinski definition) is 4. The molecule has 1 aromatic heterocycles. The summed E-state index contributed by atoms with van der Waals surface area (Å²) in [5.41, 5.74) is 4.70. The number of aromatic nitrogens is 2. The number of halogens is 1. The highest BCUT2D eigenvalue weighted by Gasteiger charge is 2.19. The fraction of sp³-hybridized carbons (Fsp3) is 0.600. The van der Waals surface area contributed by atoms with Gasteiger partial charge in [-0.2, -0.15) is 5.10 Å². The van der Waals surface area contributed by atoms with E-state index in [4.69, 9.17) is 14.5 Å². The molecule has 1 aromatic carbocycles. The largest absolute Gasteiger partial charge is 0.493 e. The Morgan fingerprint density at radius 1 is 1.24 bits per heavy atom. The SMILES string of the molecule is CCNC(=NCc1ccc(OC)c(OC2CCCC2)c1)NC(C)Cc1c(C)nn(C)c1C.I. The summed E-state index contributed by atoms with van der Waals surface area (Å²) in [5, 5.41) is 11.4. The van der Waals surface area contributed by atoms with Crippen molar-refractivity contribution in [1.29, 1.82) is 0 Å². The molecular formula is C25H40IN5O2. The van der Waals surface area contributed by atoms with Gasteiger partial charge in [0, 0.05) is 25.3 Å². The first-order valence-electron chi connectivity index (χ1n) is 11.8. The molecule has 1 atom stereocenters. The Kier molecular flexibility index (Phi) is 10.8. The highest BCUT2D eigenvalue weighted by Crippen LogP contribution is 2.32. The molecule has 0 saturated heterocycles. The van der Waals surface area contributed by atoms with Crippen molar-refractivity contribution < 1.29 is 9.47 Å². The van der Waals surface area contributed by atoms with E-state index in [9.17, 15) is 0 Å². The van der Waals surface area contributed by atoms with Crippen LogP contribution in [-0.2, 0) is 20.0 Å². The van der Waals surface area contributed by atoms with Crippen molar-refractivity contribution in [2.75, 3.05) is 13.7 Å². The molecule has 2 aromatic rings. The summed E-state index contributed by atoms with van der Waals surface area (Å²) in [6, 6.07) is 6.33. The zero-order valence-electron chi connectivity index (χ0n) is 20.9. The van der Waals surface area contributed by atoms with Gasteiger partial charge < -0.3 is 20.1 Å². The minimum atomic E-state index is 0. The van der Waals surface area contributed by atoms with Gasteiger partial charge in [-0.05, 0) is 83.1 Å². The molecule has 0 spiro atoms. The van der Waals surface area contributed by atoms with Crippen molar-refractivity contribution in [3.05, 3.63) is 40.7 Å². The third kappa shape index (κ3) is 7.52. The van der Waals surface area contributed by atoms with Crippen LogP contribution in [0.5, 0.6) is 11.5 Å². The summed E-state index contributed by atoms with van der Waals surface area (Å²) in [5.74, 6) is 2.42. The monoisotopic (exact) mass is 569 g/mol. The summed E-state index contributed by atoms with van der Waals surface area (Å²) >= 11 is 0. The number of guanidine groups is 1. The molecule has 8 heteroatoms. The normalized spacial score (nSPS) is 15.2. The summed E-state index contributed by atoms with van der Waals surface area (Å²) in [6.45, 7) is 9.83. The minimum absolute atomic E-state index is 0. The van der Waals surface area contributed by atoms with E-state index in [1.807, 2.05) is 17.8 Å². The van der Waals surface area contributed by atoms with Gasteiger partial charge in [0.15, 0.2) is 17.5 Å². The van der Waals surface area contributed by atoms with Gasteiger partial charge in [-0.3, -0.25) is 4.68 Å². The Morgan fingerprint density at radius 2 is 1.97 bits per heavy atom. The Bertz CT molecular complexity index is 922. The topological polar surface area (TPSA) is 72.7 Å². The van der Waals surface area contributed by atoms with Gasteiger partial charge in [0.25, 0.3) is 0 Å². The summed E-state index contributed by atoms with van der Waals surface area (Å²) in [4.78, 5) is 4.82. The van der Waals surface area contributed by atoms with Gasteiger partial charge >= 0.3 is 0 Å². The lowest BCUT2D eigenvalue weighted by molar-refractivity contribution is 0.200. The number of ether oxygens (including phenoxy) is 2. The molecule has 3 rings (SSSR count). The molecule has 184 valence electrons. The van der Waals surface area contributed by atoms with Crippen molar-refractivity contribution in [1.82, 2.24) is 20.4 Å². The van der Waals surface area contributed by atoms with Crippen LogP contribution in [0.25, 0.3) is 0 Å². The van der Waals surface area contributed by atoms with Crippen LogP contribution >= 0.6 is 24.0 Å². The molecule has 0 bridgehead atoms. The van der Waals surface area contributed by atoms with Crippen LogP contribution in [0, 0.1) is 13.8 Å². The molecule has 1 aliphatic carbocycles. The fourth-order valence-electron chi connectivity index (χ4n) is 4.29. The number of hydrogen-bond donors (Lipinski definition) is 2. The third-order valence-corrected chi connectivity index (χ3v) is 6.14. The first-order valence-corrected chi connectivity index (χ1v) is 11.8. The molecule has 1 fully saturated rings. The van der Waals surface area contributed by atoms with Crippen molar-refractivity contribution in [3.8, 4) is 11.5 Å². The van der Waals surface area contributed by atoms with Crippen LogP contribution in [0.3, 0.4) is 0 Å². The lowest BCUT2D eigenvalue weighted by Gasteiger charge is -2.19. The van der Waals surface area contributed by atoms with Crippen LogP contribution in [0.2, 0.25) is 0 Å². The van der Waals surface area contributed by atoms with Crippen molar-refractivity contribution in [2.45, 2.75) is 78.5 Å². The van der Waals surface area contributed by atoms with Crippen LogP contribution < -0.4 is 20.1 Å². The molecule has 1 heterocycles. The Balaban J connectivity index is 0.00000385. The molecule has 1 aliphatic rings. The predicted octanol–water partition coefficient (Wildman–Crippen LogP) is 4.67. The van der Waals surface area contributed by atoms with E-state index in [1.54, 1.807) is 7.11 Å². The average molecular weight is 570 g/mol. The minimum Gasteiger partial charge on any atom is -0.493 e. The number of rotatable bonds is 9. The summed E-state index contributed by atoms with van der Waals surface area (Å²) < 4.78 is 13.7. The zero-order valence-corrected chi connectivity index (χ0v) is 23.2. The number of aryl methyl sites for hydroxylation is 2. The van der Waals surface area contributed by atoms with Crippen molar-refractivity contribution in [2.24, 2.45) is 12.0 Å². The maximum absolute atomic E-state index is 6.23.